The number of benzene rings is 1. The normalized spacial score (nSPS) is 10.5. The maximum atomic E-state index is 5.93. The van der Waals surface area contributed by atoms with Gasteiger partial charge in [0.2, 0.25) is 0 Å². The molecule has 0 radical (unpaired) electrons. The van der Waals surface area contributed by atoms with Crippen molar-refractivity contribution in [3.8, 4) is 10.4 Å². The number of aryl methyl sites for hydroxylation is 1. The molecule has 0 fully saturated rings. The summed E-state index contributed by atoms with van der Waals surface area (Å²) in [5, 5.41) is 0.782. The highest BCUT2D eigenvalue weighted by Gasteiger charge is 2.04. The summed E-state index contributed by atoms with van der Waals surface area (Å²) in [5.41, 5.74) is 1.18. The number of thiophene rings is 1. The van der Waals surface area contributed by atoms with Gasteiger partial charge in [0.05, 0.1) is 0 Å². The fourth-order valence-corrected chi connectivity index (χ4v) is 2.97. The van der Waals surface area contributed by atoms with Crippen molar-refractivity contribution < 1.29 is 0 Å². The smallest absolute Gasteiger partial charge is 0.0412 e. The minimum absolute atomic E-state index is 0.782. The summed E-state index contributed by atoms with van der Waals surface area (Å²) in [4.78, 5) is 2.54. The molecular formula is C11H8BrClS. The topological polar surface area (TPSA) is 0 Å². The first-order valence-electron chi connectivity index (χ1n) is 4.18. The molecule has 1 aromatic carbocycles. The molecule has 0 saturated heterocycles. The van der Waals surface area contributed by atoms with Gasteiger partial charge in [0, 0.05) is 19.2 Å². The molecule has 1 aromatic heterocycles. The maximum Gasteiger partial charge on any atom is 0.0412 e. The van der Waals surface area contributed by atoms with Crippen molar-refractivity contribution in [3.05, 3.63) is 44.7 Å². The Morgan fingerprint density at radius 3 is 2.64 bits per heavy atom. The van der Waals surface area contributed by atoms with Gasteiger partial charge in [-0.1, -0.05) is 23.7 Å². The van der Waals surface area contributed by atoms with Crippen LogP contribution < -0.4 is 0 Å². The molecule has 2 aromatic rings. The lowest BCUT2D eigenvalue weighted by Gasteiger charge is -1.96. The second kappa shape index (κ2) is 4.05. The minimum Gasteiger partial charge on any atom is -0.139 e. The molecule has 0 spiro atoms. The number of hydrogen-bond donors (Lipinski definition) is 0. The van der Waals surface area contributed by atoms with Gasteiger partial charge in [0.25, 0.3) is 0 Å². The highest BCUT2D eigenvalue weighted by Crippen LogP contribution is 2.34. The Balaban J connectivity index is 2.49. The molecule has 0 N–H and O–H groups in total. The van der Waals surface area contributed by atoms with E-state index in [1.165, 1.54) is 15.3 Å². The van der Waals surface area contributed by atoms with Crippen molar-refractivity contribution in [2.75, 3.05) is 0 Å². The van der Waals surface area contributed by atoms with Crippen molar-refractivity contribution >= 4 is 38.9 Å². The second-order valence-electron chi connectivity index (χ2n) is 3.03. The van der Waals surface area contributed by atoms with Crippen LogP contribution in [0.15, 0.2) is 34.8 Å². The van der Waals surface area contributed by atoms with E-state index < -0.39 is 0 Å². The SMILES string of the molecule is Cc1sc(-c2cccc(Cl)c2)cc1Br. The average Bonchev–Trinajstić information content (AvgIpc) is 2.47. The number of hydrogen-bond acceptors (Lipinski definition) is 1. The molecule has 0 amide bonds. The Morgan fingerprint density at radius 1 is 1.29 bits per heavy atom. The fraction of sp³-hybridized carbons (Fsp3) is 0.0909. The first kappa shape index (κ1) is 10.2. The second-order valence-corrected chi connectivity index (χ2v) is 5.57. The summed E-state index contributed by atoms with van der Waals surface area (Å²) in [6.07, 6.45) is 0. The molecule has 0 aliphatic rings. The molecule has 0 aliphatic carbocycles. The first-order chi connectivity index (χ1) is 6.66. The largest absolute Gasteiger partial charge is 0.139 e. The third kappa shape index (κ3) is 2.02. The molecule has 0 bridgehead atoms. The fourth-order valence-electron chi connectivity index (χ4n) is 1.24. The minimum atomic E-state index is 0.782. The molecular weight excluding hydrogens is 280 g/mol. The van der Waals surface area contributed by atoms with E-state index in [0.717, 1.165) is 9.50 Å². The van der Waals surface area contributed by atoms with Crippen LogP contribution in [0.1, 0.15) is 4.88 Å². The number of halogens is 2. The maximum absolute atomic E-state index is 5.93. The molecule has 72 valence electrons. The summed E-state index contributed by atoms with van der Waals surface area (Å²) in [6.45, 7) is 2.10. The van der Waals surface area contributed by atoms with Gasteiger partial charge < -0.3 is 0 Å². The Bertz CT molecular complexity index is 443. The van der Waals surface area contributed by atoms with Crippen molar-refractivity contribution in [2.45, 2.75) is 6.92 Å². The zero-order chi connectivity index (χ0) is 10.1. The van der Waals surface area contributed by atoms with E-state index in [-0.39, 0.29) is 0 Å². The number of rotatable bonds is 1. The Morgan fingerprint density at radius 2 is 2.07 bits per heavy atom. The zero-order valence-electron chi connectivity index (χ0n) is 7.55. The van der Waals surface area contributed by atoms with E-state index in [1.807, 2.05) is 18.2 Å². The van der Waals surface area contributed by atoms with Gasteiger partial charge >= 0.3 is 0 Å². The van der Waals surface area contributed by atoms with Crippen LogP contribution in [-0.2, 0) is 0 Å². The Hall–Kier alpha value is -0.310. The van der Waals surface area contributed by atoms with Gasteiger partial charge in [-0.15, -0.1) is 11.3 Å². The van der Waals surface area contributed by atoms with Crippen LogP contribution in [0.4, 0.5) is 0 Å². The lowest BCUT2D eigenvalue weighted by atomic mass is 10.2. The summed E-state index contributed by atoms with van der Waals surface area (Å²) in [6, 6.07) is 10.1. The van der Waals surface area contributed by atoms with Gasteiger partial charge in [0.1, 0.15) is 0 Å². The van der Waals surface area contributed by atoms with Gasteiger partial charge in [-0.3, -0.25) is 0 Å². The van der Waals surface area contributed by atoms with Crippen LogP contribution in [0.5, 0.6) is 0 Å². The third-order valence-corrected chi connectivity index (χ3v) is 4.39. The molecule has 14 heavy (non-hydrogen) atoms. The Labute approximate surface area is 101 Å². The lowest BCUT2D eigenvalue weighted by molar-refractivity contribution is 1.59. The van der Waals surface area contributed by atoms with Gasteiger partial charge in [0.15, 0.2) is 0 Å². The molecule has 0 nitrogen and oxygen atoms in total. The van der Waals surface area contributed by atoms with Gasteiger partial charge in [-0.05, 0) is 46.6 Å². The van der Waals surface area contributed by atoms with Crippen LogP contribution in [0.3, 0.4) is 0 Å². The summed E-state index contributed by atoms with van der Waals surface area (Å²) < 4.78 is 1.16. The van der Waals surface area contributed by atoms with Gasteiger partial charge in [-0.25, -0.2) is 0 Å². The van der Waals surface area contributed by atoms with Crippen LogP contribution >= 0.6 is 38.9 Å². The predicted molar refractivity (Wildman–Crippen MR) is 67.2 cm³/mol. The van der Waals surface area contributed by atoms with E-state index >= 15 is 0 Å². The van der Waals surface area contributed by atoms with Gasteiger partial charge in [-0.2, -0.15) is 0 Å². The van der Waals surface area contributed by atoms with Crippen LogP contribution in [-0.4, -0.2) is 0 Å². The molecule has 0 aliphatic heterocycles. The van der Waals surface area contributed by atoms with E-state index in [0.29, 0.717) is 0 Å². The molecule has 0 unspecified atom stereocenters. The summed E-state index contributed by atoms with van der Waals surface area (Å²) in [7, 11) is 0. The zero-order valence-corrected chi connectivity index (χ0v) is 10.7. The summed E-state index contributed by atoms with van der Waals surface area (Å²) in [5.74, 6) is 0. The van der Waals surface area contributed by atoms with E-state index in [2.05, 4.69) is 35.0 Å². The quantitative estimate of drug-likeness (QED) is 0.681. The predicted octanol–water partition coefficient (Wildman–Crippen LogP) is 5.14. The molecule has 0 atom stereocenters. The molecule has 2 rings (SSSR count). The van der Waals surface area contributed by atoms with Crippen LogP contribution in [0.2, 0.25) is 5.02 Å². The third-order valence-electron chi connectivity index (χ3n) is 1.97. The van der Waals surface area contributed by atoms with Crippen molar-refractivity contribution in [1.82, 2.24) is 0 Å². The van der Waals surface area contributed by atoms with Crippen LogP contribution in [0, 0.1) is 6.92 Å². The van der Waals surface area contributed by atoms with E-state index in [4.69, 9.17) is 11.6 Å². The lowest BCUT2D eigenvalue weighted by Crippen LogP contribution is -1.70. The standard InChI is InChI=1S/C11H8BrClS/c1-7-10(12)6-11(14-7)8-3-2-4-9(13)5-8/h2-6H,1H3. The van der Waals surface area contributed by atoms with Crippen molar-refractivity contribution in [3.63, 3.8) is 0 Å². The van der Waals surface area contributed by atoms with Crippen LogP contribution in [0.25, 0.3) is 10.4 Å². The van der Waals surface area contributed by atoms with Crippen molar-refractivity contribution in [1.29, 1.82) is 0 Å². The summed E-state index contributed by atoms with van der Waals surface area (Å²) >= 11 is 11.2. The molecule has 1 heterocycles. The van der Waals surface area contributed by atoms with E-state index in [9.17, 15) is 0 Å². The van der Waals surface area contributed by atoms with Crippen molar-refractivity contribution in [2.24, 2.45) is 0 Å². The van der Waals surface area contributed by atoms with E-state index in [1.54, 1.807) is 11.3 Å². The first-order valence-corrected chi connectivity index (χ1v) is 6.17. The average molecular weight is 288 g/mol. The highest BCUT2D eigenvalue weighted by atomic mass is 79.9. The Kier molecular flexibility index (Phi) is 2.96. The molecule has 0 saturated carbocycles. The molecule has 3 heteroatoms. The highest BCUT2D eigenvalue weighted by molar-refractivity contribution is 9.10. The monoisotopic (exact) mass is 286 g/mol.